The molecule has 6 nitrogen and oxygen atoms in total. The van der Waals surface area contributed by atoms with Crippen molar-refractivity contribution in [2.45, 2.75) is 45.4 Å². The summed E-state index contributed by atoms with van der Waals surface area (Å²) in [6.45, 7) is 8.12. The van der Waals surface area contributed by atoms with E-state index in [1.807, 2.05) is 25.1 Å². The molecule has 0 N–H and O–H groups in total. The third kappa shape index (κ3) is 4.32. The minimum absolute atomic E-state index is 0.102. The van der Waals surface area contributed by atoms with E-state index in [0.29, 0.717) is 35.8 Å². The molecule has 0 saturated heterocycles. The van der Waals surface area contributed by atoms with Crippen LogP contribution in [0.25, 0.3) is 0 Å². The van der Waals surface area contributed by atoms with Crippen molar-refractivity contribution in [3.05, 3.63) is 47.7 Å². The molecule has 0 aromatic heterocycles. The summed E-state index contributed by atoms with van der Waals surface area (Å²) < 4.78 is 16.7. The zero-order chi connectivity index (χ0) is 21.7. The van der Waals surface area contributed by atoms with E-state index in [0.717, 1.165) is 30.5 Å². The lowest BCUT2D eigenvalue weighted by molar-refractivity contribution is -0.138. The number of esters is 1. The number of nitrogens with zero attached hydrogens (tertiary/aromatic N) is 1. The molecule has 2 atom stereocenters. The molecule has 1 fully saturated rings. The summed E-state index contributed by atoms with van der Waals surface area (Å²) in [5.41, 5.74) is 2.68. The molecule has 1 aliphatic carbocycles. The Kier molecular flexibility index (Phi) is 7.08. The Hall–Kier alpha value is -2.89. The smallest absolute Gasteiger partial charge is 0.336 e. The zero-order valence-corrected chi connectivity index (χ0v) is 17.9. The summed E-state index contributed by atoms with van der Waals surface area (Å²) in [4.78, 5) is 30.5. The van der Waals surface area contributed by atoms with Crippen LogP contribution in [0.3, 0.4) is 0 Å². The minimum atomic E-state index is -0.469. The summed E-state index contributed by atoms with van der Waals surface area (Å²) in [5, 5.41) is 0. The number of ketones is 1. The van der Waals surface area contributed by atoms with Gasteiger partial charge in [0.05, 0.1) is 25.2 Å². The first-order chi connectivity index (χ1) is 14.5. The maximum absolute atomic E-state index is 12.9. The monoisotopic (exact) mass is 411 g/mol. The third-order valence-electron chi connectivity index (χ3n) is 5.47. The third-order valence-corrected chi connectivity index (χ3v) is 5.47. The van der Waals surface area contributed by atoms with Crippen LogP contribution in [-0.2, 0) is 14.3 Å². The molecule has 0 bridgehead atoms. The second-order valence-electron chi connectivity index (χ2n) is 7.52. The molecule has 160 valence electrons. The molecule has 1 saturated carbocycles. The van der Waals surface area contributed by atoms with Gasteiger partial charge in [-0.05, 0) is 43.9 Å². The predicted octanol–water partition coefficient (Wildman–Crippen LogP) is 4.39. The molecule has 1 aromatic carbocycles. The minimum Gasteiger partial charge on any atom is -0.493 e. The Morgan fingerprint density at radius 1 is 1.27 bits per heavy atom. The van der Waals surface area contributed by atoms with Crippen molar-refractivity contribution in [2.24, 2.45) is 10.9 Å². The van der Waals surface area contributed by atoms with E-state index in [1.165, 1.54) is 6.08 Å². The van der Waals surface area contributed by atoms with Crippen LogP contribution in [0.15, 0.2) is 47.1 Å². The highest BCUT2D eigenvalue weighted by Gasteiger charge is 2.43. The number of rotatable bonds is 8. The van der Waals surface area contributed by atoms with Crippen molar-refractivity contribution in [1.29, 1.82) is 0 Å². The molecule has 0 spiro atoms. The van der Waals surface area contributed by atoms with Crippen molar-refractivity contribution in [2.75, 3.05) is 20.3 Å². The summed E-state index contributed by atoms with van der Waals surface area (Å²) in [6.07, 6.45) is 4.44. The molecule has 3 rings (SSSR count). The standard InChI is InChI=1S/C24H29NO5/c1-5-12-29-19-11-10-16(14-20(19)28-4)22-21(24(27)30-13-6-2)15(3)25-17-8-7-9-18(26)23(17)22/h6,10-11,14,22-23H,2,5,7-9,12-13H2,1,3-4H3/t22-,23?/m1/s1. The van der Waals surface area contributed by atoms with Crippen LogP contribution in [0.5, 0.6) is 11.5 Å². The van der Waals surface area contributed by atoms with E-state index in [4.69, 9.17) is 14.2 Å². The Morgan fingerprint density at radius 2 is 2.07 bits per heavy atom. The number of ether oxygens (including phenoxy) is 3. The Bertz CT molecular complexity index is 899. The van der Waals surface area contributed by atoms with E-state index in [1.54, 1.807) is 14.0 Å². The highest BCUT2D eigenvalue weighted by molar-refractivity contribution is 6.11. The van der Waals surface area contributed by atoms with Crippen LogP contribution in [0.4, 0.5) is 0 Å². The van der Waals surface area contributed by atoms with Crippen molar-refractivity contribution >= 4 is 17.5 Å². The molecule has 30 heavy (non-hydrogen) atoms. The topological polar surface area (TPSA) is 74.2 Å². The molecule has 0 amide bonds. The second kappa shape index (κ2) is 9.74. The van der Waals surface area contributed by atoms with Gasteiger partial charge in [0.1, 0.15) is 12.4 Å². The van der Waals surface area contributed by atoms with Gasteiger partial charge in [-0.3, -0.25) is 9.79 Å². The molecule has 1 aliphatic heterocycles. The molecule has 0 radical (unpaired) electrons. The fourth-order valence-electron chi connectivity index (χ4n) is 4.17. The van der Waals surface area contributed by atoms with E-state index in [-0.39, 0.29) is 12.4 Å². The van der Waals surface area contributed by atoms with Gasteiger partial charge in [-0.25, -0.2) is 4.79 Å². The molecule has 2 aliphatic rings. The largest absolute Gasteiger partial charge is 0.493 e. The van der Waals surface area contributed by atoms with Crippen molar-refractivity contribution < 1.29 is 23.8 Å². The lowest BCUT2D eigenvalue weighted by atomic mass is 9.69. The SMILES string of the molecule is C=CCOC(=O)C1=C(C)N=C2CCCC(=O)C2[C@@H]1c1ccc(OCCC)c(OC)c1. The summed E-state index contributed by atoms with van der Waals surface area (Å²) in [5.74, 6) is -0.0674. The number of benzene rings is 1. The first-order valence-electron chi connectivity index (χ1n) is 10.4. The lowest BCUT2D eigenvalue weighted by Crippen LogP contribution is -2.39. The van der Waals surface area contributed by atoms with Crippen LogP contribution in [0.2, 0.25) is 0 Å². The van der Waals surface area contributed by atoms with Gasteiger partial charge in [-0.15, -0.1) is 0 Å². The zero-order valence-electron chi connectivity index (χ0n) is 17.9. The maximum atomic E-state index is 12.9. The Labute approximate surface area is 177 Å². The quantitative estimate of drug-likeness (QED) is 0.468. The number of methoxy groups -OCH3 is 1. The average Bonchev–Trinajstić information content (AvgIpc) is 2.75. The van der Waals surface area contributed by atoms with Crippen molar-refractivity contribution in [3.8, 4) is 11.5 Å². The maximum Gasteiger partial charge on any atom is 0.336 e. The Morgan fingerprint density at radius 3 is 2.77 bits per heavy atom. The van der Waals surface area contributed by atoms with Crippen LogP contribution < -0.4 is 9.47 Å². The predicted molar refractivity (Wildman–Crippen MR) is 115 cm³/mol. The van der Waals surface area contributed by atoms with Crippen molar-refractivity contribution in [3.63, 3.8) is 0 Å². The average molecular weight is 411 g/mol. The first kappa shape index (κ1) is 21.8. The van der Waals surface area contributed by atoms with Crippen LogP contribution in [0, 0.1) is 5.92 Å². The van der Waals surface area contributed by atoms with Gasteiger partial charge >= 0.3 is 5.97 Å². The van der Waals surface area contributed by atoms with Gasteiger partial charge in [0, 0.05) is 23.7 Å². The highest BCUT2D eigenvalue weighted by atomic mass is 16.5. The summed E-state index contributed by atoms with van der Waals surface area (Å²) in [6, 6.07) is 5.59. The van der Waals surface area contributed by atoms with E-state index in [9.17, 15) is 9.59 Å². The van der Waals surface area contributed by atoms with Gasteiger partial charge < -0.3 is 14.2 Å². The highest BCUT2D eigenvalue weighted by Crippen LogP contribution is 2.45. The first-order valence-corrected chi connectivity index (χ1v) is 10.4. The molecular weight excluding hydrogens is 382 g/mol. The number of Topliss-reactive ketones (excluding diaryl/α,β-unsaturated/α-hetero) is 1. The number of hydrogen-bond donors (Lipinski definition) is 0. The molecule has 1 unspecified atom stereocenters. The van der Waals surface area contributed by atoms with Crippen LogP contribution >= 0.6 is 0 Å². The van der Waals surface area contributed by atoms with E-state index < -0.39 is 17.8 Å². The summed E-state index contributed by atoms with van der Waals surface area (Å²) >= 11 is 0. The number of allylic oxidation sites excluding steroid dienone is 1. The molecule has 6 heteroatoms. The normalized spacial score (nSPS) is 20.9. The fourth-order valence-corrected chi connectivity index (χ4v) is 4.17. The number of fused-ring (bicyclic) bond motifs is 1. The van der Waals surface area contributed by atoms with Gasteiger partial charge in [0.15, 0.2) is 11.5 Å². The molecule has 1 heterocycles. The molecule has 1 aromatic rings. The Balaban J connectivity index is 2.09. The fraction of sp³-hybridized carbons (Fsp3) is 0.458. The van der Waals surface area contributed by atoms with E-state index in [2.05, 4.69) is 11.6 Å². The van der Waals surface area contributed by atoms with Gasteiger partial charge in [-0.2, -0.15) is 0 Å². The number of carbonyl (C=O) groups is 2. The van der Waals surface area contributed by atoms with Crippen LogP contribution in [-0.4, -0.2) is 37.8 Å². The van der Waals surface area contributed by atoms with E-state index >= 15 is 0 Å². The van der Waals surface area contributed by atoms with Gasteiger partial charge in [0.2, 0.25) is 0 Å². The second-order valence-corrected chi connectivity index (χ2v) is 7.52. The number of hydrogen-bond acceptors (Lipinski definition) is 6. The van der Waals surface area contributed by atoms with Gasteiger partial charge in [-0.1, -0.05) is 25.6 Å². The van der Waals surface area contributed by atoms with Crippen molar-refractivity contribution in [1.82, 2.24) is 0 Å². The molecular formula is C24H29NO5. The van der Waals surface area contributed by atoms with Crippen LogP contribution in [0.1, 0.15) is 51.0 Å². The van der Waals surface area contributed by atoms with Gasteiger partial charge in [0.25, 0.3) is 0 Å². The number of aliphatic imine (C=N–C) groups is 1. The lowest BCUT2D eigenvalue weighted by Gasteiger charge is -2.35. The summed E-state index contributed by atoms with van der Waals surface area (Å²) in [7, 11) is 1.58. The number of carbonyl (C=O) groups excluding carboxylic acids is 2.